The molecule has 4 heterocycles. The molecule has 0 bridgehead atoms. The van der Waals surface area contributed by atoms with Gasteiger partial charge >= 0.3 is 11.9 Å². The van der Waals surface area contributed by atoms with E-state index < -0.39 is 35.6 Å². The molecular weight excluding hydrogens is 849 g/mol. The Morgan fingerprint density at radius 3 is 0.985 bits per heavy atom. The third-order valence-corrected chi connectivity index (χ3v) is 11.7. The first-order chi connectivity index (χ1) is 31.9. The molecule has 0 atom stereocenters. The van der Waals surface area contributed by atoms with Crippen LogP contribution in [0.25, 0.3) is 11.1 Å². The molecule has 4 aromatic carbocycles. The largest absolute Gasteiger partial charge is 0.423 e. The topological polar surface area (TPSA) is 202 Å². The van der Waals surface area contributed by atoms with Crippen LogP contribution in [-0.4, -0.2) is 105 Å². The van der Waals surface area contributed by atoms with E-state index in [4.69, 9.17) is 9.47 Å². The first-order valence-corrected chi connectivity index (χ1v) is 21.6. The van der Waals surface area contributed by atoms with Crippen molar-refractivity contribution in [2.45, 2.75) is 51.4 Å². The van der Waals surface area contributed by atoms with Crippen molar-refractivity contribution in [2.75, 3.05) is 26.2 Å². The number of hydrogen-bond acceptors (Lipinski definition) is 12. The molecule has 0 unspecified atom stereocenters. The standard InChI is InChI=1S/C50H42N4O12/c55-41-21-22-42(56)51(41)25-5-1-3-7-27-53-45(59)37-19-13-33(29-39(37)47(53)61)49(63)65-35-15-9-31(10-16-35)32-11-17-36(18-12-32)66-50(64)34-14-20-38-40(30-34)48(62)54(46(38)60)28-8-4-2-6-26-52-43(57)23-24-44(52)58/h9-24,29-30H,1-8,25-28H2. The highest BCUT2D eigenvalue weighted by Gasteiger charge is 2.37. The lowest BCUT2D eigenvalue weighted by molar-refractivity contribution is -0.138. The molecule has 0 saturated heterocycles. The number of esters is 2. The number of ether oxygens (including phenoxy) is 2. The zero-order chi connectivity index (χ0) is 46.5. The molecule has 8 rings (SSSR count). The van der Waals surface area contributed by atoms with Crippen LogP contribution >= 0.6 is 0 Å². The fourth-order valence-electron chi connectivity index (χ4n) is 8.09. The summed E-state index contributed by atoms with van der Waals surface area (Å²) in [6.45, 7) is 1.01. The van der Waals surface area contributed by atoms with Crippen LogP contribution in [0.15, 0.2) is 109 Å². The van der Waals surface area contributed by atoms with Crippen LogP contribution in [0.4, 0.5) is 0 Å². The van der Waals surface area contributed by atoms with Gasteiger partial charge in [0.2, 0.25) is 0 Å². The number of nitrogens with zero attached hydrogens (tertiary/aromatic N) is 4. The van der Waals surface area contributed by atoms with Gasteiger partial charge in [0.1, 0.15) is 11.5 Å². The monoisotopic (exact) mass is 890 g/mol. The molecule has 0 spiro atoms. The first kappa shape index (κ1) is 44.5. The SMILES string of the molecule is O=C(Oc1ccc(-c2ccc(OC(=O)c3ccc4c(c3)C(=O)N(CCCCCCN3C(=O)C=CC3=O)C4=O)cc2)cc1)c1ccc2c(c1)C(=O)N(CCCCCCN1C(=O)C=CC1=O)C2=O. The second kappa shape index (κ2) is 19.3. The van der Waals surface area contributed by atoms with E-state index in [1.54, 1.807) is 48.5 Å². The lowest BCUT2D eigenvalue weighted by Crippen LogP contribution is -2.31. The van der Waals surface area contributed by atoms with Gasteiger partial charge < -0.3 is 9.47 Å². The number of carbonyl (C=O) groups is 10. The van der Waals surface area contributed by atoms with Crippen LogP contribution < -0.4 is 9.47 Å². The molecule has 0 aromatic heterocycles. The number of hydrogen-bond donors (Lipinski definition) is 0. The second-order valence-corrected chi connectivity index (χ2v) is 16.0. The van der Waals surface area contributed by atoms with Gasteiger partial charge in [-0.1, -0.05) is 49.9 Å². The summed E-state index contributed by atoms with van der Waals surface area (Å²) >= 11 is 0. The molecule has 0 fully saturated rings. The van der Waals surface area contributed by atoms with E-state index in [9.17, 15) is 47.9 Å². The van der Waals surface area contributed by atoms with Gasteiger partial charge in [-0.05, 0) is 97.5 Å². The van der Waals surface area contributed by atoms with Gasteiger partial charge in [0, 0.05) is 50.5 Å². The lowest BCUT2D eigenvalue weighted by atomic mass is 10.0. The van der Waals surface area contributed by atoms with Crippen LogP contribution in [0.5, 0.6) is 11.5 Å². The molecule has 0 radical (unpaired) electrons. The van der Waals surface area contributed by atoms with E-state index in [0.29, 0.717) is 64.5 Å². The highest BCUT2D eigenvalue weighted by molar-refractivity contribution is 6.23. The van der Waals surface area contributed by atoms with Crippen molar-refractivity contribution < 1.29 is 57.4 Å². The maximum atomic E-state index is 13.2. The fourth-order valence-corrected chi connectivity index (χ4v) is 8.09. The summed E-state index contributed by atoms with van der Waals surface area (Å²) in [7, 11) is 0. The highest BCUT2D eigenvalue weighted by atomic mass is 16.5. The third kappa shape index (κ3) is 9.38. The minimum Gasteiger partial charge on any atom is -0.423 e. The zero-order valence-electron chi connectivity index (χ0n) is 35.6. The quantitative estimate of drug-likeness (QED) is 0.0464. The molecule has 0 saturated carbocycles. The molecular formula is C50H42N4O12. The number of carbonyl (C=O) groups excluding carboxylic acids is 10. The molecule has 0 aliphatic carbocycles. The summed E-state index contributed by atoms with van der Waals surface area (Å²) in [6, 6.07) is 21.8. The van der Waals surface area contributed by atoms with Gasteiger partial charge in [-0.2, -0.15) is 0 Å². The molecule has 16 nitrogen and oxygen atoms in total. The Morgan fingerprint density at radius 2 is 0.652 bits per heavy atom. The Hall–Kier alpha value is -8.14. The average Bonchev–Trinajstić information content (AvgIpc) is 3.98. The number of imide groups is 4. The third-order valence-electron chi connectivity index (χ3n) is 11.7. The van der Waals surface area contributed by atoms with Crippen LogP contribution in [0.3, 0.4) is 0 Å². The van der Waals surface area contributed by atoms with Gasteiger partial charge in [-0.3, -0.25) is 58.0 Å². The smallest absolute Gasteiger partial charge is 0.343 e. The number of amides is 8. The van der Waals surface area contributed by atoms with Crippen molar-refractivity contribution in [3.63, 3.8) is 0 Å². The number of unbranched alkanes of at least 4 members (excludes halogenated alkanes) is 6. The summed E-state index contributed by atoms with van der Waals surface area (Å²) in [5, 5.41) is 0. The Balaban J connectivity index is 0.782. The summed E-state index contributed by atoms with van der Waals surface area (Å²) < 4.78 is 11.2. The summed E-state index contributed by atoms with van der Waals surface area (Å²) in [5.74, 6) is -4.13. The van der Waals surface area contributed by atoms with Crippen LogP contribution in [0.1, 0.15) is 114 Å². The van der Waals surface area contributed by atoms with E-state index in [1.807, 2.05) is 0 Å². The maximum Gasteiger partial charge on any atom is 0.343 e. The van der Waals surface area contributed by atoms with E-state index in [1.165, 1.54) is 70.5 Å². The van der Waals surface area contributed by atoms with Crippen LogP contribution in [-0.2, 0) is 19.2 Å². The van der Waals surface area contributed by atoms with Crippen molar-refractivity contribution >= 4 is 59.2 Å². The molecule has 66 heavy (non-hydrogen) atoms. The van der Waals surface area contributed by atoms with Crippen molar-refractivity contribution in [1.82, 2.24) is 19.6 Å². The zero-order valence-corrected chi connectivity index (χ0v) is 35.6. The highest BCUT2D eigenvalue weighted by Crippen LogP contribution is 2.29. The van der Waals surface area contributed by atoms with Crippen LogP contribution in [0.2, 0.25) is 0 Å². The lowest BCUT2D eigenvalue weighted by Gasteiger charge is -2.15. The Labute approximate surface area is 378 Å². The normalized spacial score (nSPS) is 15.2. The minimum atomic E-state index is -0.716. The Bertz CT molecular complexity index is 2550. The van der Waals surface area contributed by atoms with Crippen molar-refractivity contribution in [3.8, 4) is 22.6 Å². The minimum absolute atomic E-state index is 0.0970. The number of fused-ring (bicyclic) bond motifs is 2. The maximum absolute atomic E-state index is 13.2. The van der Waals surface area contributed by atoms with Gasteiger partial charge in [0.25, 0.3) is 47.3 Å². The van der Waals surface area contributed by atoms with E-state index in [0.717, 1.165) is 20.9 Å². The summed E-state index contributed by atoms with van der Waals surface area (Å²) in [5.41, 5.74) is 2.37. The van der Waals surface area contributed by atoms with E-state index in [-0.39, 0.29) is 81.6 Å². The molecule has 334 valence electrons. The number of benzene rings is 4. The van der Waals surface area contributed by atoms with Crippen molar-refractivity contribution in [1.29, 1.82) is 0 Å². The molecule has 4 aromatic rings. The predicted octanol–water partition coefficient (Wildman–Crippen LogP) is 5.95. The van der Waals surface area contributed by atoms with Gasteiger partial charge in [0.05, 0.1) is 33.4 Å². The van der Waals surface area contributed by atoms with E-state index >= 15 is 0 Å². The first-order valence-electron chi connectivity index (χ1n) is 21.6. The fraction of sp³-hybridized carbons (Fsp3) is 0.240. The molecule has 4 aliphatic rings. The predicted molar refractivity (Wildman–Crippen MR) is 234 cm³/mol. The van der Waals surface area contributed by atoms with Gasteiger partial charge in [-0.25, -0.2) is 9.59 Å². The Kier molecular flexibility index (Phi) is 13.0. The molecule has 8 amide bonds. The molecule has 4 aliphatic heterocycles. The summed E-state index contributed by atoms with van der Waals surface area (Å²) in [4.78, 5) is 130. The van der Waals surface area contributed by atoms with Crippen LogP contribution in [0, 0.1) is 0 Å². The van der Waals surface area contributed by atoms with Gasteiger partial charge in [0.15, 0.2) is 0 Å². The summed E-state index contributed by atoms with van der Waals surface area (Å²) in [6.07, 6.45) is 10.1. The second-order valence-electron chi connectivity index (χ2n) is 16.0. The average molecular weight is 891 g/mol. The Morgan fingerprint density at radius 1 is 0.348 bits per heavy atom. The van der Waals surface area contributed by atoms with Crippen molar-refractivity contribution in [3.05, 3.63) is 143 Å². The molecule has 0 N–H and O–H groups in total. The van der Waals surface area contributed by atoms with E-state index in [2.05, 4.69) is 0 Å². The number of rotatable bonds is 19. The van der Waals surface area contributed by atoms with Crippen molar-refractivity contribution in [2.24, 2.45) is 0 Å². The van der Waals surface area contributed by atoms with Gasteiger partial charge in [-0.15, -0.1) is 0 Å². The molecule has 16 heteroatoms.